The third-order valence-electron chi connectivity index (χ3n) is 2.68. The van der Waals surface area contributed by atoms with Crippen molar-refractivity contribution < 1.29 is 14.7 Å². The van der Waals surface area contributed by atoms with Crippen molar-refractivity contribution in [1.82, 2.24) is 10.2 Å². The van der Waals surface area contributed by atoms with Crippen LogP contribution in [-0.2, 0) is 4.79 Å². The van der Waals surface area contributed by atoms with Crippen molar-refractivity contribution in [1.29, 1.82) is 0 Å². The molecule has 5 nitrogen and oxygen atoms in total. The molecule has 6 heteroatoms. The van der Waals surface area contributed by atoms with Crippen molar-refractivity contribution in [3.05, 3.63) is 0 Å². The molecule has 0 aromatic rings. The first-order chi connectivity index (χ1) is 7.82. The van der Waals surface area contributed by atoms with E-state index >= 15 is 0 Å². The van der Waals surface area contributed by atoms with E-state index in [0.717, 1.165) is 11.5 Å². The van der Waals surface area contributed by atoms with Crippen LogP contribution in [0, 0.1) is 5.41 Å². The monoisotopic (exact) mass is 260 g/mol. The van der Waals surface area contributed by atoms with Crippen LogP contribution in [-0.4, -0.2) is 52.6 Å². The molecule has 1 aliphatic rings. The van der Waals surface area contributed by atoms with Crippen molar-refractivity contribution in [2.75, 3.05) is 24.6 Å². The number of thioether (sulfide) groups is 1. The molecule has 1 fully saturated rings. The minimum absolute atomic E-state index is 0.271. The number of carboxylic acid groups (broad SMARTS) is 1. The molecule has 0 aliphatic carbocycles. The Morgan fingerprint density at radius 1 is 1.29 bits per heavy atom. The van der Waals surface area contributed by atoms with Gasteiger partial charge in [-0.05, 0) is 5.41 Å². The molecule has 2 amide bonds. The highest BCUT2D eigenvalue weighted by molar-refractivity contribution is 7.99. The van der Waals surface area contributed by atoms with Crippen LogP contribution in [0.15, 0.2) is 0 Å². The molecule has 1 aliphatic heterocycles. The van der Waals surface area contributed by atoms with E-state index in [1.165, 1.54) is 0 Å². The standard InChI is InChI=1S/C11H20N2O3S/c1-11(2,3)8(9(14)15)12-10(16)13-4-6-17-7-5-13/h8H,4-7H2,1-3H3,(H,12,16)(H,14,15)/t8-/m1/s1. The summed E-state index contributed by atoms with van der Waals surface area (Å²) in [5.74, 6) is 0.846. The van der Waals surface area contributed by atoms with Crippen molar-refractivity contribution in [2.45, 2.75) is 26.8 Å². The molecule has 0 aromatic heterocycles. The lowest BCUT2D eigenvalue weighted by atomic mass is 9.87. The van der Waals surface area contributed by atoms with E-state index in [2.05, 4.69) is 5.32 Å². The first kappa shape index (κ1) is 14.2. The lowest BCUT2D eigenvalue weighted by Gasteiger charge is -2.32. The maximum atomic E-state index is 11.9. The lowest BCUT2D eigenvalue weighted by molar-refractivity contribution is -0.142. The predicted molar refractivity (Wildman–Crippen MR) is 68.3 cm³/mol. The number of carboxylic acids is 1. The average Bonchev–Trinajstić information content (AvgIpc) is 2.24. The van der Waals surface area contributed by atoms with Crippen molar-refractivity contribution in [2.24, 2.45) is 5.41 Å². The van der Waals surface area contributed by atoms with Crippen LogP contribution in [0.5, 0.6) is 0 Å². The van der Waals surface area contributed by atoms with E-state index in [4.69, 9.17) is 5.11 Å². The molecular formula is C11H20N2O3S. The normalized spacial score (nSPS) is 18.6. The van der Waals surface area contributed by atoms with Gasteiger partial charge in [0, 0.05) is 24.6 Å². The van der Waals surface area contributed by atoms with Crippen LogP contribution in [0.2, 0.25) is 0 Å². The Morgan fingerprint density at radius 2 is 1.82 bits per heavy atom. The topological polar surface area (TPSA) is 69.6 Å². The molecule has 1 heterocycles. The van der Waals surface area contributed by atoms with Gasteiger partial charge in [-0.1, -0.05) is 20.8 Å². The van der Waals surface area contributed by atoms with Gasteiger partial charge in [0.05, 0.1) is 0 Å². The number of aliphatic carboxylic acids is 1. The Kier molecular flexibility index (Phi) is 4.68. The number of hydrogen-bond donors (Lipinski definition) is 2. The Balaban J connectivity index is 2.60. The number of amides is 2. The highest BCUT2D eigenvalue weighted by Crippen LogP contribution is 2.20. The van der Waals surface area contributed by atoms with Crippen LogP contribution in [0.25, 0.3) is 0 Å². The quantitative estimate of drug-likeness (QED) is 0.784. The fourth-order valence-electron chi connectivity index (χ4n) is 1.63. The summed E-state index contributed by atoms with van der Waals surface area (Å²) in [5.41, 5.74) is -0.494. The fraction of sp³-hybridized carbons (Fsp3) is 0.818. The molecule has 0 bridgehead atoms. The summed E-state index contributed by atoms with van der Waals surface area (Å²) >= 11 is 1.81. The van der Waals surface area contributed by atoms with Gasteiger partial charge in [0.25, 0.3) is 0 Å². The molecule has 1 atom stereocenters. The molecule has 98 valence electrons. The molecule has 0 spiro atoms. The van der Waals surface area contributed by atoms with Gasteiger partial charge in [0.2, 0.25) is 0 Å². The summed E-state index contributed by atoms with van der Waals surface area (Å²) in [4.78, 5) is 24.7. The zero-order valence-electron chi connectivity index (χ0n) is 10.5. The number of carbonyl (C=O) groups excluding carboxylic acids is 1. The second kappa shape index (κ2) is 5.62. The van der Waals surface area contributed by atoms with Crippen LogP contribution in [0.4, 0.5) is 4.79 Å². The molecule has 0 aromatic carbocycles. The number of nitrogens with one attached hydrogen (secondary N) is 1. The first-order valence-corrected chi connectivity index (χ1v) is 6.84. The van der Waals surface area contributed by atoms with E-state index in [9.17, 15) is 9.59 Å². The molecule has 0 saturated carbocycles. The fourth-order valence-corrected chi connectivity index (χ4v) is 2.53. The molecule has 1 saturated heterocycles. The molecule has 2 N–H and O–H groups in total. The van der Waals surface area contributed by atoms with Crippen molar-refractivity contribution >= 4 is 23.8 Å². The van der Waals surface area contributed by atoms with Crippen LogP contribution in [0.1, 0.15) is 20.8 Å². The van der Waals surface area contributed by atoms with Gasteiger partial charge in [-0.25, -0.2) is 9.59 Å². The summed E-state index contributed by atoms with van der Waals surface area (Å²) in [6.07, 6.45) is 0. The summed E-state index contributed by atoms with van der Waals surface area (Å²) < 4.78 is 0. The number of urea groups is 1. The predicted octanol–water partition coefficient (Wildman–Crippen LogP) is 1.24. The Bertz CT molecular complexity index is 296. The summed E-state index contributed by atoms with van der Waals surface area (Å²) in [6.45, 7) is 6.79. The Morgan fingerprint density at radius 3 is 2.24 bits per heavy atom. The largest absolute Gasteiger partial charge is 0.480 e. The van der Waals surface area contributed by atoms with E-state index in [0.29, 0.717) is 13.1 Å². The van der Waals surface area contributed by atoms with E-state index in [-0.39, 0.29) is 6.03 Å². The molecule has 0 radical (unpaired) electrons. The van der Waals surface area contributed by atoms with Gasteiger partial charge < -0.3 is 15.3 Å². The van der Waals surface area contributed by atoms with Gasteiger partial charge in [-0.2, -0.15) is 11.8 Å². The summed E-state index contributed by atoms with van der Waals surface area (Å²) in [6, 6.07) is -1.13. The average molecular weight is 260 g/mol. The number of nitrogens with zero attached hydrogens (tertiary/aromatic N) is 1. The minimum atomic E-state index is -0.989. The van der Waals surface area contributed by atoms with Gasteiger partial charge in [0.15, 0.2) is 0 Å². The molecule has 0 unspecified atom stereocenters. The number of rotatable bonds is 2. The third kappa shape index (κ3) is 4.11. The van der Waals surface area contributed by atoms with Gasteiger partial charge in [0.1, 0.15) is 6.04 Å². The molecule has 1 rings (SSSR count). The lowest BCUT2D eigenvalue weighted by Crippen LogP contribution is -2.54. The summed E-state index contributed by atoms with van der Waals surface area (Å²) in [7, 11) is 0. The third-order valence-corrected chi connectivity index (χ3v) is 3.62. The van der Waals surface area contributed by atoms with Crippen LogP contribution < -0.4 is 5.32 Å². The zero-order chi connectivity index (χ0) is 13.1. The maximum Gasteiger partial charge on any atom is 0.326 e. The Hall–Kier alpha value is -0.910. The van der Waals surface area contributed by atoms with Crippen LogP contribution >= 0.6 is 11.8 Å². The number of hydrogen-bond acceptors (Lipinski definition) is 3. The highest BCUT2D eigenvalue weighted by atomic mass is 32.2. The summed E-state index contributed by atoms with van der Waals surface area (Å²) in [5, 5.41) is 11.7. The molecule has 17 heavy (non-hydrogen) atoms. The first-order valence-electron chi connectivity index (χ1n) is 5.68. The number of carbonyl (C=O) groups is 2. The maximum absolute atomic E-state index is 11.9. The Labute approximate surface area is 106 Å². The van der Waals surface area contributed by atoms with E-state index < -0.39 is 17.4 Å². The second-order valence-electron chi connectivity index (χ2n) is 5.19. The van der Waals surface area contributed by atoms with Crippen molar-refractivity contribution in [3.8, 4) is 0 Å². The van der Waals surface area contributed by atoms with E-state index in [1.54, 1.807) is 25.7 Å². The van der Waals surface area contributed by atoms with Gasteiger partial charge in [-0.15, -0.1) is 0 Å². The zero-order valence-corrected chi connectivity index (χ0v) is 11.3. The van der Waals surface area contributed by atoms with Gasteiger partial charge >= 0.3 is 12.0 Å². The molecular weight excluding hydrogens is 240 g/mol. The SMILES string of the molecule is CC(C)(C)[C@H](NC(=O)N1CCSCC1)C(=O)O. The minimum Gasteiger partial charge on any atom is -0.480 e. The van der Waals surface area contributed by atoms with Crippen molar-refractivity contribution in [3.63, 3.8) is 0 Å². The van der Waals surface area contributed by atoms with Crippen LogP contribution in [0.3, 0.4) is 0 Å². The highest BCUT2D eigenvalue weighted by Gasteiger charge is 2.33. The van der Waals surface area contributed by atoms with Gasteiger partial charge in [-0.3, -0.25) is 0 Å². The van der Waals surface area contributed by atoms with E-state index in [1.807, 2.05) is 11.8 Å². The second-order valence-corrected chi connectivity index (χ2v) is 6.41. The smallest absolute Gasteiger partial charge is 0.326 e.